The topological polar surface area (TPSA) is 46.6 Å². The lowest BCUT2D eigenvalue weighted by atomic mass is 10.0. The van der Waals surface area contributed by atoms with Gasteiger partial charge in [-0.25, -0.2) is 4.79 Å². The van der Waals surface area contributed by atoms with Gasteiger partial charge >= 0.3 is 6.09 Å². The van der Waals surface area contributed by atoms with E-state index in [2.05, 4.69) is 0 Å². The van der Waals surface area contributed by atoms with E-state index in [-0.39, 0.29) is 0 Å². The summed E-state index contributed by atoms with van der Waals surface area (Å²) in [7, 11) is 1.54. The third-order valence-electron chi connectivity index (χ3n) is 2.67. The second kappa shape index (κ2) is 5.51. The number of thiophene rings is 1. The number of nitrogens with zero attached hydrogens (tertiary/aromatic N) is 1. The third-order valence-corrected chi connectivity index (χ3v) is 4.12. The summed E-state index contributed by atoms with van der Waals surface area (Å²) >= 11 is 7.15. The molecule has 0 aliphatic rings. The molecule has 0 saturated heterocycles. The Balaban J connectivity index is 3.02. The molecule has 1 atom stereocenters. The fourth-order valence-electron chi connectivity index (χ4n) is 1.41. The molecule has 0 aromatic carbocycles. The number of hydrogen-bond acceptors (Lipinski definition) is 4. The summed E-state index contributed by atoms with van der Waals surface area (Å²) in [6.07, 6.45) is 0.172. The maximum absolute atomic E-state index is 12.1. The van der Waals surface area contributed by atoms with Crippen LogP contribution in [0.25, 0.3) is 0 Å². The molecule has 6 heteroatoms. The van der Waals surface area contributed by atoms with Crippen molar-refractivity contribution in [1.29, 1.82) is 0 Å². The summed E-state index contributed by atoms with van der Waals surface area (Å²) in [4.78, 5) is 25.5. The molecule has 0 bridgehead atoms. The SMILES string of the molecule is CN(C(=O)OC(C)(C)C)C(C)(C=O)c1ccc(Cl)s1. The highest BCUT2D eigenvalue weighted by Gasteiger charge is 2.37. The summed E-state index contributed by atoms with van der Waals surface area (Å²) in [5.41, 5.74) is -1.69. The van der Waals surface area contributed by atoms with Gasteiger partial charge in [0.05, 0.1) is 4.34 Å². The van der Waals surface area contributed by atoms with E-state index in [0.29, 0.717) is 9.21 Å². The molecule has 1 unspecified atom stereocenters. The Labute approximate surface area is 122 Å². The molecular formula is C13H18ClNO3S. The Hall–Kier alpha value is -1.07. The highest BCUT2D eigenvalue weighted by Crippen LogP contribution is 2.34. The van der Waals surface area contributed by atoms with Crippen molar-refractivity contribution in [1.82, 2.24) is 4.90 Å². The molecule has 0 N–H and O–H groups in total. The van der Waals surface area contributed by atoms with Crippen molar-refractivity contribution >= 4 is 35.3 Å². The summed E-state index contributed by atoms with van der Waals surface area (Å²) < 4.78 is 5.85. The molecule has 0 radical (unpaired) electrons. The average Bonchev–Trinajstić information content (AvgIpc) is 2.72. The van der Waals surface area contributed by atoms with Gasteiger partial charge in [0, 0.05) is 11.9 Å². The molecule has 1 rings (SSSR count). The predicted octanol–water partition coefficient (Wildman–Crippen LogP) is 3.68. The van der Waals surface area contributed by atoms with Crippen molar-refractivity contribution in [2.75, 3.05) is 7.05 Å². The van der Waals surface area contributed by atoms with E-state index >= 15 is 0 Å². The van der Waals surface area contributed by atoms with Crippen molar-refractivity contribution in [3.8, 4) is 0 Å². The molecule has 4 nitrogen and oxygen atoms in total. The molecule has 0 saturated carbocycles. The number of likely N-dealkylation sites (N-methyl/N-ethyl adjacent to an activating group) is 1. The van der Waals surface area contributed by atoms with Gasteiger partial charge in [-0.2, -0.15) is 0 Å². The molecule has 0 aliphatic heterocycles. The monoisotopic (exact) mass is 303 g/mol. The fourth-order valence-corrected chi connectivity index (χ4v) is 2.60. The van der Waals surface area contributed by atoms with E-state index in [9.17, 15) is 9.59 Å². The minimum Gasteiger partial charge on any atom is -0.444 e. The molecule has 1 heterocycles. The second-order valence-electron chi connectivity index (χ2n) is 5.41. The van der Waals surface area contributed by atoms with E-state index in [0.717, 1.165) is 6.29 Å². The number of halogens is 1. The Bertz CT molecular complexity index is 480. The number of rotatable bonds is 3. The minimum atomic E-state index is -1.08. The molecule has 0 aliphatic carbocycles. The summed E-state index contributed by atoms with van der Waals surface area (Å²) in [6.45, 7) is 6.99. The van der Waals surface area contributed by atoms with Gasteiger partial charge in [-0.3, -0.25) is 4.90 Å². The van der Waals surface area contributed by atoms with Crippen molar-refractivity contribution in [3.63, 3.8) is 0 Å². The van der Waals surface area contributed by atoms with Crippen LogP contribution in [0.4, 0.5) is 4.79 Å². The first-order valence-electron chi connectivity index (χ1n) is 5.79. The van der Waals surface area contributed by atoms with Crippen LogP contribution in [0, 0.1) is 0 Å². The highest BCUT2D eigenvalue weighted by molar-refractivity contribution is 7.16. The van der Waals surface area contributed by atoms with Crippen molar-refractivity contribution in [2.45, 2.75) is 38.8 Å². The highest BCUT2D eigenvalue weighted by atomic mass is 35.5. The van der Waals surface area contributed by atoms with E-state index < -0.39 is 17.2 Å². The Morgan fingerprint density at radius 2 is 1.95 bits per heavy atom. The van der Waals surface area contributed by atoms with Crippen molar-refractivity contribution < 1.29 is 14.3 Å². The number of carbonyl (C=O) groups excluding carboxylic acids is 2. The van der Waals surface area contributed by atoms with Crippen LogP contribution in [0.5, 0.6) is 0 Å². The lowest BCUT2D eigenvalue weighted by molar-refractivity contribution is -0.117. The largest absolute Gasteiger partial charge is 0.444 e. The van der Waals surface area contributed by atoms with Crippen LogP contribution in [0.15, 0.2) is 12.1 Å². The number of hydrogen-bond donors (Lipinski definition) is 0. The van der Waals surface area contributed by atoms with E-state index in [1.165, 1.54) is 23.3 Å². The first-order chi connectivity index (χ1) is 8.60. The normalized spacial score (nSPS) is 14.6. The van der Waals surface area contributed by atoms with Gasteiger partial charge in [0.1, 0.15) is 11.1 Å². The zero-order valence-corrected chi connectivity index (χ0v) is 13.3. The molecule has 19 heavy (non-hydrogen) atoms. The number of amides is 1. The minimum absolute atomic E-state index is 0.549. The molecule has 106 valence electrons. The average molecular weight is 304 g/mol. The second-order valence-corrected chi connectivity index (χ2v) is 7.12. The summed E-state index contributed by atoms with van der Waals surface area (Å²) in [6, 6.07) is 3.44. The number of carbonyl (C=O) groups is 2. The van der Waals surface area contributed by atoms with Gasteiger partial charge in [0.15, 0.2) is 6.29 Å². The molecule has 1 aromatic rings. The number of aldehydes is 1. The molecule has 0 fully saturated rings. The smallest absolute Gasteiger partial charge is 0.411 e. The standard InChI is InChI=1S/C13H18ClNO3S/c1-12(2,3)18-11(17)15(5)13(4,8-16)9-6-7-10(14)19-9/h6-8H,1-5H3. The Morgan fingerprint density at radius 1 is 1.37 bits per heavy atom. The third kappa shape index (κ3) is 3.70. The predicted molar refractivity (Wildman–Crippen MR) is 76.7 cm³/mol. The van der Waals surface area contributed by atoms with Gasteiger partial charge in [-0.05, 0) is 39.8 Å². The van der Waals surface area contributed by atoms with Gasteiger partial charge in [0.2, 0.25) is 0 Å². The molecule has 1 amide bonds. The first-order valence-corrected chi connectivity index (χ1v) is 6.98. The lowest BCUT2D eigenvalue weighted by Crippen LogP contribution is -2.47. The van der Waals surface area contributed by atoms with E-state index in [1.54, 1.807) is 39.8 Å². The van der Waals surface area contributed by atoms with Crippen LogP contribution in [0.2, 0.25) is 4.34 Å². The zero-order valence-electron chi connectivity index (χ0n) is 11.7. The van der Waals surface area contributed by atoms with Crippen molar-refractivity contribution in [3.05, 3.63) is 21.3 Å². The summed E-state index contributed by atoms with van der Waals surface area (Å²) in [5, 5.41) is 0. The van der Waals surface area contributed by atoms with Crippen LogP contribution in [-0.4, -0.2) is 29.9 Å². The Kier molecular flexibility index (Phi) is 4.63. The maximum Gasteiger partial charge on any atom is 0.411 e. The van der Waals surface area contributed by atoms with Gasteiger partial charge < -0.3 is 9.53 Å². The van der Waals surface area contributed by atoms with Crippen LogP contribution < -0.4 is 0 Å². The number of ether oxygens (including phenoxy) is 1. The van der Waals surface area contributed by atoms with Gasteiger partial charge in [-0.1, -0.05) is 11.6 Å². The van der Waals surface area contributed by atoms with Crippen LogP contribution in [0.1, 0.15) is 32.6 Å². The molecular weight excluding hydrogens is 286 g/mol. The summed E-state index contributed by atoms with van der Waals surface area (Å²) in [5.74, 6) is 0. The van der Waals surface area contributed by atoms with E-state index in [1.807, 2.05) is 0 Å². The molecule has 1 aromatic heterocycles. The van der Waals surface area contributed by atoms with Gasteiger partial charge in [-0.15, -0.1) is 11.3 Å². The first kappa shape index (κ1) is 16.0. The van der Waals surface area contributed by atoms with Crippen LogP contribution >= 0.6 is 22.9 Å². The quantitative estimate of drug-likeness (QED) is 0.800. The lowest BCUT2D eigenvalue weighted by Gasteiger charge is -2.34. The zero-order chi connectivity index (χ0) is 14.8. The molecule has 0 spiro atoms. The fraction of sp³-hybridized carbons (Fsp3) is 0.538. The van der Waals surface area contributed by atoms with E-state index in [4.69, 9.17) is 16.3 Å². The van der Waals surface area contributed by atoms with Gasteiger partial charge in [0.25, 0.3) is 0 Å². The van der Waals surface area contributed by atoms with Crippen LogP contribution in [-0.2, 0) is 15.1 Å². The maximum atomic E-state index is 12.1. The Morgan fingerprint density at radius 3 is 2.32 bits per heavy atom. The van der Waals surface area contributed by atoms with Crippen molar-refractivity contribution in [2.24, 2.45) is 0 Å². The van der Waals surface area contributed by atoms with Crippen LogP contribution in [0.3, 0.4) is 0 Å².